The number of anilines is 1. The maximum Gasteiger partial charge on any atom is 0.300 e. The van der Waals surface area contributed by atoms with Crippen LogP contribution in [-0.4, -0.2) is 23.4 Å². The van der Waals surface area contributed by atoms with Crippen LogP contribution in [0.3, 0.4) is 0 Å². The lowest BCUT2D eigenvalue weighted by Gasteiger charge is -2.25. The summed E-state index contributed by atoms with van der Waals surface area (Å²) >= 11 is 5.99. The molecule has 1 aliphatic rings. The Morgan fingerprint density at radius 1 is 1.06 bits per heavy atom. The summed E-state index contributed by atoms with van der Waals surface area (Å²) < 4.78 is 19.2. The molecule has 168 valence electrons. The van der Waals surface area contributed by atoms with Crippen molar-refractivity contribution in [2.75, 3.05) is 11.5 Å². The first-order valence-corrected chi connectivity index (χ1v) is 10.8. The van der Waals surface area contributed by atoms with Gasteiger partial charge in [0.1, 0.15) is 17.3 Å². The number of amides is 1. The minimum atomic E-state index is -0.946. The smallest absolute Gasteiger partial charge is 0.300 e. The van der Waals surface area contributed by atoms with Crippen molar-refractivity contribution in [3.05, 3.63) is 99.8 Å². The number of nitrogens with zero attached hydrogens (tertiary/aromatic N) is 1. The Hall–Kier alpha value is -3.64. The molecule has 3 aromatic carbocycles. The molecule has 0 aliphatic carbocycles. The highest BCUT2D eigenvalue weighted by Crippen LogP contribution is 2.42. The maximum atomic E-state index is 13.6. The van der Waals surface area contributed by atoms with E-state index in [1.54, 1.807) is 42.5 Å². The van der Waals surface area contributed by atoms with Gasteiger partial charge < -0.3 is 9.84 Å². The molecule has 1 fully saturated rings. The monoisotopic (exact) mass is 465 g/mol. The van der Waals surface area contributed by atoms with E-state index < -0.39 is 23.5 Å². The van der Waals surface area contributed by atoms with Crippen molar-refractivity contribution in [1.82, 2.24) is 0 Å². The highest BCUT2D eigenvalue weighted by Gasteiger charge is 2.47. The Morgan fingerprint density at radius 2 is 1.73 bits per heavy atom. The van der Waals surface area contributed by atoms with Crippen LogP contribution in [0.15, 0.2) is 72.3 Å². The third kappa shape index (κ3) is 4.22. The van der Waals surface area contributed by atoms with E-state index in [1.807, 2.05) is 13.8 Å². The minimum absolute atomic E-state index is 0.0786. The van der Waals surface area contributed by atoms with Crippen molar-refractivity contribution in [3.8, 4) is 5.75 Å². The van der Waals surface area contributed by atoms with Crippen LogP contribution in [0.25, 0.3) is 5.76 Å². The van der Waals surface area contributed by atoms with Crippen LogP contribution in [0.4, 0.5) is 10.1 Å². The summed E-state index contributed by atoms with van der Waals surface area (Å²) in [4.78, 5) is 27.5. The van der Waals surface area contributed by atoms with E-state index in [0.29, 0.717) is 34.2 Å². The van der Waals surface area contributed by atoms with Crippen LogP contribution in [0.1, 0.15) is 29.7 Å². The first-order chi connectivity index (χ1) is 15.8. The van der Waals surface area contributed by atoms with Gasteiger partial charge in [-0.05, 0) is 79.6 Å². The summed E-state index contributed by atoms with van der Waals surface area (Å²) in [5, 5.41) is 11.7. The van der Waals surface area contributed by atoms with E-state index in [-0.39, 0.29) is 11.3 Å². The molecule has 1 heterocycles. The van der Waals surface area contributed by atoms with E-state index in [4.69, 9.17) is 16.3 Å². The Bertz CT molecular complexity index is 1250. The lowest BCUT2D eigenvalue weighted by atomic mass is 9.94. The molecule has 1 N–H and O–H groups in total. The molecular formula is C26H21ClFNO4. The minimum Gasteiger partial charge on any atom is -0.507 e. The second-order valence-corrected chi connectivity index (χ2v) is 8.05. The van der Waals surface area contributed by atoms with Crippen molar-refractivity contribution < 1.29 is 23.8 Å². The van der Waals surface area contributed by atoms with Gasteiger partial charge in [-0.3, -0.25) is 14.5 Å². The van der Waals surface area contributed by atoms with Gasteiger partial charge in [0, 0.05) is 16.3 Å². The molecule has 1 unspecified atom stereocenters. The second kappa shape index (κ2) is 9.08. The largest absolute Gasteiger partial charge is 0.507 e. The first-order valence-electron chi connectivity index (χ1n) is 10.4. The summed E-state index contributed by atoms with van der Waals surface area (Å²) in [6.45, 7) is 4.18. The summed E-state index contributed by atoms with van der Waals surface area (Å²) in [6, 6.07) is 16.0. The topological polar surface area (TPSA) is 66.8 Å². The molecule has 0 radical (unpaired) electrons. The van der Waals surface area contributed by atoms with Crippen molar-refractivity contribution in [2.45, 2.75) is 19.9 Å². The molecule has 0 aromatic heterocycles. The van der Waals surface area contributed by atoms with Crippen LogP contribution >= 0.6 is 11.6 Å². The summed E-state index contributed by atoms with van der Waals surface area (Å²) in [5.41, 5.74) is 1.97. The molecule has 1 amide bonds. The van der Waals surface area contributed by atoms with E-state index >= 15 is 0 Å². The average Bonchev–Trinajstić information content (AvgIpc) is 3.06. The van der Waals surface area contributed by atoms with Gasteiger partial charge in [-0.1, -0.05) is 23.7 Å². The standard InChI is InChI=1S/C26H21ClFNO4/c1-3-33-21-13-6-17(14-15(21)2)24(30)22-23(16-4-9-19(28)10-5-16)29(26(32)25(22)31)20-11-7-18(27)8-12-20/h4-14,23,30H,3H2,1-2H3/b24-22-. The number of ether oxygens (including phenoxy) is 1. The van der Waals surface area contributed by atoms with Gasteiger partial charge in [-0.2, -0.15) is 0 Å². The van der Waals surface area contributed by atoms with Crippen LogP contribution < -0.4 is 9.64 Å². The van der Waals surface area contributed by atoms with Gasteiger partial charge in [0.2, 0.25) is 0 Å². The molecule has 33 heavy (non-hydrogen) atoms. The quantitative estimate of drug-likeness (QED) is 0.293. The molecule has 7 heteroatoms. The van der Waals surface area contributed by atoms with Crippen LogP contribution in [0, 0.1) is 12.7 Å². The molecule has 4 rings (SSSR count). The predicted octanol–water partition coefficient (Wildman–Crippen LogP) is 5.81. The zero-order chi connectivity index (χ0) is 23.7. The Balaban J connectivity index is 1.90. The molecule has 3 aromatic rings. The van der Waals surface area contributed by atoms with E-state index in [0.717, 1.165) is 5.56 Å². The predicted molar refractivity (Wildman–Crippen MR) is 125 cm³/mol. The fourth-order valence-electron chi connectivity index (χ4n) is 3.93. The number of aryl methyl sites for hydroxylation is 1. The van der Waals surface area contributed by atoms with E-state index in [1.165, 1.54) is 29.2 Å². The molecule has 1 aliphatic heterocycles. The van der Waals surface area contributed by atoms with Gasteiger partial charge in [-0.25, -0.2) is 4.39 Å². The number of rotatable bonds is 5. The number of aliphatic hydroxyl groups excluding tert-OH is 1. The number of benzene rings is 3. The number of aliphatic hydroxyl groups is 1. The average molecular weight is 466 g/mol. The van der Waals surface area contributed by atoms with Gasteiger partial charge in [-0.15, -0.1) is 0 Å². The third-order valence-corrected chi connectivity index (χ3v) is 5.74. The summed E-state index contributed by atoms with van der Waals surface area (Å²) in [6.07, 6.45) is 0. The molecule has 0 bridgehead atoms. The van der Waals surface area contributed by atoms with E-state index in [2.05, 4.69) is 0 Å². The fourth-order valence-corrected chi connectivity index (χ4v) is 4.06. The Morgan fingerprint density at radius 3 is 2.33 bits per heavy atom. The number of Topliss-reactive ketones (excluding diaryl/α,β-unsaturated/α-hetero) is 1. The number of carbonyl (C=O) groups excluding carboxylic acids is 2. The highest BCUT2D eigenvalue weighted by molar-refractivity contribution is 6.51. The zero-order valence-electron chi connectivity index (χ0n) is 18.0. The summed E-state index contributed by atoms with van der Waals surface area (Å²) in [5.74, 6) is -1.74. The summed E-state index contributed by atoms with van der Waals surface area (Å²) in [7, 11) is 0. The Labute approximate surface area is 195 Å². The lowest BCUT2D eigenvalue weighted by molar-refractivity contribution is -0.132. The first kappa shape index (κ1) is 22.6. The number of hydrogen-bond donors (Lipinski definition) is 1. The fraction of sp³-hybridized carbons (Fsp3) is 0.154. The van der Waals surface area contributed by atoms with Crippen LogP contribution in [-0.2, 0) is 9.59 Å². The number of hydrogen-bond acceptors (Lipinski definition) is 4. The molecule has 5 nitrogen and oxygen atoms in total. The maximum absolute atomic E-state index is 13.6. The molecule has 1 atom stereocenters. The van der Waals surface area contributed by atoms with E-state index in [9.17, 15) is 19.1 Å². The zero-order valence-corrected chi connectivity index (χ0v) is 18.8. The molecular weight excluding hydrogens is 445 g/mol. The van der Waals surface area contributed by atoms with Gasteiger partial charge >= 0.3 is 0 Å². The Kier molecular flexibility index (Phi) is 6.20. The molecule has 1 saturated heterocycles. The SMILES string of the molecule is CCOc1ccc(/C(O)=C2/C(=O)C(=O)N(c3ccc(Cl)cc3)C2c2ccc(F)cc2)cc1C. The third-order valence-electron chi connectivity index (χ3n) is 5.48. The lowest BCUT2D eigenvalue weighted by Crippen LogP contribution is -2.29. The van der Waals surface area contributed by atoms with Crippen molar-refractivity contribution in [3.63, 3.8) is 0 Å². The second-order valence-electron chi connectivity index (χ2n) is 7.61. The molecule has 0 spiro atoms. The van der Waals surface area contributed by atoms with Crippen LogP contribution in [0.2, 0.25) is 5.02 Å². The van der Waals surface area contributed by atoms with Crippen molar-refractivity contribution >= 4 is 34.7 Å². The normalized spacial score (nSPS) is 17.5. The van der Waals surface area contributed by atoms with Gasteiger partial charge in [0.15, 0.2) is 0 Å². The van der Waals surface area contributed by atoms with Crippen molar-refractivity contribution in [1.29, 1.82) is 0 Å². The number of halogens is 2. The number of carbonyl (C=O) groups is 2. The van der Waals surface area contributed by atoms with Gasteiger partial charge in [0.05, 0.1) is 18.2 Å². The highest BCUT2D eigenvalue weighted by atomic mass is 35.5. The van der Waals surface area contributed by atoms with Crippen LogP contribution in [0.5, 0.6) is 5.75 Å². The number of ketones is 1. The van der Waals surface area contributed by atoms with Crippen molar-refractivity contribution in [2.24, 2.45) is 0 Å². The van der Waals surface area contributed by atoms with Gasteiger partial charge in [0.25, 0.3) is 11.7 Å². The molecule has 0 saturated carbocycles.